The number of hydrogen-bond donors (Lipinski definition) is 2. The van der Waals surface area contributed by atoms with E-state index in [1.807, 2.05) is 37.3 Å². The minimum absolute atomic E-state index is 0.0957. The van der Waals surface area contributed by atoms with Gasteiger partial charge in [-0.05, 0) is 36.8 Å². The molecule has 2 rings (SSSR count). The molecular formula is C15H15FN2O. The summed E-state index contributed by atoms with van der Waals surface area (Å²) in [5.74, 6) is -0.330. The number of urea groups is 1. The van der Waals surface area contributed by atoms with Gasteiger partial charge in [0.25, 0.3) is 0 Å². The summed E-state index contributed by atoms with van der Waals surface area (Å²) in [4.78, 5) is 11.8. The molecular weight excluding hydrogens is 243 g/mol. The summed E-state index contributed by atoms with van der Waals surface area (Å²) in [6.45, 7) is 1.90. The van der Waals surface area contributed by atoms with Gasteiger partial charge in [-0.25, -0.2) is 9.18 Å². The Bertz CT molecular complexity index is 540. The highest BCUT2D eigenvalue weighted by Crippen LogP contribution is 2.12. The number of nitrogens with one attached hydrogen (secondary N) is 2. The third-order valence-electron chi connectivity index (χ3n) is 2.75. The van der Waals surface area contributed by atoms with Crippen LogP contribution in [0.3, 0.4) is 0 Å². The van der Waals surface area contributed by atoms with Crippen molar-refractivity contribution in [3.8, 4) is 0 Å². The molecule has 0 aliphatic carbocycles. The highest BCUT2D eigenvalue weighted by molar-refractivity contribution is 5.89. The Morgan fingerprint density at radius 3 is 2.32 bits per heavy atom. The fourth-order valence-corrected chi connectivity index (χ4v) is 1.72. The molecule has 19 heavy (non-hydrogen) atoms. The van der Waals surface area contributed by atoms with Gasteiger partial charge in [-0.3, -0.25) is 0 Å². The summed E-state index contributed by atoms with van der Waals surface area (Å²) in [5.41, 5.74) is 1.58. The first-order valence-corrected chi connectivity index (χ1v) is 6.03. The maximum absolute atomic E-state index is 12.7. The monoisotopic (exact) mass is 258 g/mol. The summed E-state index contributed by atoms with van der Waals surface area (Å²) in [6, 6.07) is 14.9. The van der Waals surface area contributed by atoms with Crippen LogP contribution in [-0.4, -0.2) is 6.03 Å². The van der Waals surface area contributed by atoms with Crippen LogP contribution < -0.4 is 10.6 Å². The van der Waals surface area contributed by atoms with E-state index in [4.69, 9.17) is 0 Å². The van der Waals surface area contributed by atoms with E-state index in [9.17, 15) is 9.18 Å². The minimum Gasteiger partial charge on any atom is -0.331 e. The minimum atomic E-state index is -0.330. The van der Waals surface area contributed by atoms with Gasteiger partial charge < -0.3 is 10.6 Å². The molecule has 0 bridgehead atoms. The van der Waals surface area contributed by atoms with E-state index in [0.717, 1.165) is 5.56 Å². The summed E-state index contributed by atoms with van der Waals surface area (Å²) in [5, 5.41) is 5.47. The Kier molecular flexibility index (Phi) is 4.13. The lowest BCUT2D eigenvalue weighted by Gasteiger charge is -2.15. The fourth-order valence-electron chi connectivity index (χ4n) is 1.72. The van der Waals surface area contributed by atoms with Gasteiger partial charge in [-0.15, -0.1) is 0 Å². The normalized spacial score (nSPS) is 11.7. The number of halogens is 1. The Balaban J connectivity index is 1.93. The number of benzene rings is 2. The summed E-state index contributed by atoms with van der Waals surface area (Å²) in [7, 11) is 0. The molecule has 2 aromatic rings. The van der Waals surface area contributed by atoms with E-state index in [2.05, 4.69) is 10.6 Å². The second kappa shape index (κ2) is 6.00. The molecule has 0 saturated heterocycles. The largest absolute Gasteiger partial charge is 0.331 e. The van der Waals surface area contributed by atoms with Crippen LogP contribution >= 0.6 is 0 Å². The standard InChI is InChI=1S/C15H15FN2O/c1-11(12-5-3-2-4-6-12)17-15(19)18-14-9-7-13(16)8-10-14/h2-11H,1H3,(H2,17,18,19)/t11-/m1/s1. The van der Waals surface area contributed by atoms with E-state index in [-0.39, 0.29) is 17.9 Å². The molecule has 3 nitrogen and oxygen atoms in total. The third-order valence-corrected chi connectivity index (χ3v) is 2.75. The summed E-state index contributed by atoms with van der Waals surface area (Å²) < 4.78 is 12.7. The number of carbonyl (C=O) groups excluding carboxylic acids is 1. The number of amides is 2. The van der Waals surface area contributed by atoms with Gasteiger partial charge in [0.05, 0.1) is 6.04 Å². The number of hydrogen-bond acceptors (Lipinski definition) is 1. The number of carbonyl (C=O) groups is 1. The second-order valence-electron chi connectivity index (χ2n) is 4.24. The zero-order valence-electron chi connectivity index (χ0n) is 10.6. The SMILES string of the molecule is C[C@@H](NC(=O)Nc1ccc(F)cc1)c1ccccc1. The third kappa shape index (κ3) is 3.81. The van der Waals surface area contributed by atoms with Crippen LogP contribution in [0, 0.1) is 5.82 Å². The zero-order valence-corrected chi connectivity index (χ0v) is 10.6. The van der Waals surface area contributed by atoms with Gasteiger partial charge in [-0.2, -0.15) is 0 Å². The van der Waals surface area contributed by atoms with Gasteiger partial charge in [0.2, 0.25) is 0 Å². The van der Waals surface area contributed by atoms with Gasteiger partial charge in [-0.1, -0.05) is 30.3 Å². The van der Waals surface area contributed by atoms with Crippen molar-refractivity contribution in [3.05, 3.63) is 66.0 Å². The molecule has 0 fully saturated rings. The zero-order chi connectivity index (χ0) is 13.7. The van der Waals surface area contributed by atoms with Crippen molar-refractivity contribution in [3.63, 3.8) is 0 Å². The molecule has 0 radical (unpaired) electrons. The van der Waals surface area contributed by atoms with Crippen molar-refractivity contribution in [1.29, 1.82) is 0 Å². The molecule has 0 heterocycles. The molecule has 0 unspecified atom stereocenters. The Morgan fingerprint density at radius 2 is 1.68 bits per heavy atom. The molecule has 4 heteroatoms. The maximum Gasteiger partial charge on any atom is 0.319 e. The smallest absolute Gasteiger partial charge is 0.319 e. The van der Waals surface area contributed by atoms with E-state index in [1.54, 1.807) is 0 Å². The average molecular weight is 258 g/mol. The van der Waals surface area contributed by atoms with Gasteiger partial charge in [0.1, 0.15) is 5.82 Å². The Hall–Kier alpha value is -2.36. The quantitative estimate of drug-likeness (QED) is 0.865. The molecule has 1 atom stereocenters. The average Bonchev–Trinajstić information content (AvgIpc) is 2.42. The van der Waals surface area contributed by atoms with Crippen LogP contribution in [-0.2, 0) is 0 Å². The topological polar surface area (TPSA) is 41.1 Å². The predicted molar refractivity (Wildman–Crippen MR) is 73.4 cm³/mol. The molecule has 98 valence electrons. The Morgan fingerprint density at radius 1 is 1.05 bits per heavy atom. The van der Waals surface area contributed by atoms with Crippen LogP contribution in [0.25, 0.3) is 0 Å². The summed E-state index contributed by atoms with van der Waals surface area (Å²) >= 11 is 0. The molecule has 2 N–H and O–H groups in total. The van der Waals surface area contributed by atoms with Crippen molar-refractivity contribution in [2.75, 3.05) is 5.32 Å². The lowest BCUT2D eigenvalue weighted by Crippen LogP contribution is -2.31. The van der Waals surface area contributed by atoms with Crippen LogP contribution in [0.4, 0.5) is 14.9 Å². The van der Waals surface area contributed by atoms with Crippen LogP contribution in [0.15, 0.2) is 54.6 Å². The molecule has 0 aliphatic heterocycles. The predicted octanol–water partition coefficient (Wildman–Crippen LogP) is 3.71. The van der Waals surface area contributed by atoms with Gasteiger partial charge in [0.15, 0.2) is 0 Å². The first-order valence-electron chi connectivity index (χ1n) is 6.03. The molecule has 2 aromatic carbocycles. The van der Waals surface area contributed by atoms with Crippen LogP contribution in [0.2, 0.25) is 0 Å². The van der Waals surface area contributed by atoms with Gasteiger partial charge >= 0.3 is 6.03 Å². The first kappa shape index (κ1) is 13.1. The molecule has 0 aromatic heterocycles. The molecule has 0 saturated carbocycles. The van der Waals surface area contributed by atoms with E-state index < -0.39 is 0 Å². The van der Waals surface area contributed by atoms with E-state index >= 15 is 0 Å². The van der Waals surface area contributed by atoms with Crippen LogP contribution in [0.5, 0.6) is 0 Å². The van der Waals surface area contributed by atoms with Crippen molar-refractivity contribution in [2.24, 2.45) is 0 Å². The van der Waals surface area contributed by atoms with Crippen molar-refractivity contribution < 1.29 is 9.18 Å². The van der Waals surface area contributed by atoms with E-state index in [1.165, 1.54) is 24.3 Å². The van der Waals surface area contributed by atoms with Crippen LogP contribution in [0.1, 0.15) is 18.5 Å². The Labute approximate surface area is 111 Å². The summed E-state index contributed by atoms with van der Waals surface area (Å²) in [6.07, 6.45) is 0. The van der Waals surface area contributed by atoms with Crippen molar-refractivity contribution >= 4 is 11.7 Å². The fraction of sp³-hybridized carbons (Fsp3) is 0.133. The highest BCUT2D eigenvalue weighted by atomic mass is 19.1. The van der Waals surface area contributed by atoms with E-state index in [0.29, 0.717) is 5.69 Å². The molecule has 0 spiro atoms. The maximum atomic E-state index is 12.7. The first-order chi connectivity index (χ1) is 9.15. The lowest BCUT2D eigenvalue weighted by atomic mass is 10.1. The van der Waals surface area contributed by atoms with Crippen molar-refractivity contribution in [2.45, 2.75) is 13.0 Å². The highest BCUT2D eigenvalue weighted by Gasteiger charge is 2.08. The number of rotatable bonds is 3. The van der Waals surface area contributed by atoms with Crippen molar-refractivity contribution in [1.82, 2.24) is 5.32 Å². The molecule has 2 amide bonds. The second-order valence-corrected chi connectivity index (χ2v) is 4.24. The molecule has 0 aliphatic rings. The lowest BCUT2D eigenvalue weighted by molar-refractivity contribution is 0.249. The van der Waals surface area contributed by atoms with Gasteiger partial charge in [0, 0.05) is 5.69 Å². The number of anilines is 1.